The van der Waals surface area contributed by atoms with E-state index in [1.807, 2.05) is 23.6 Å². The fourth-order valence-electron chi connectivity index (χ4n) is 2.65. The van der Waals surface area contributed by atoms with Gasteiger partial charge in [0.2, 0.25) is 0 Å². The van der Waals surface area contributed by atoms with E-state index in [1.165, 1.54) is 16.9 Å². The van der Waals surface area contributed by atoms with E-state index in [0.717, 1.165) is 33.6 Å². The Labute approximate surface area is 167 Å². The predicted octanol–water partition coefficient (Wildman–Crippen LogP) is 5.26. The van der Waals surface area contributed by atoms with Crippen LogP contribution in [0.2, 0.25) is 5.02 Å². The lowest BCUT2D eigenvalue weighted by atomic mass is 10.1. The van der Waals surface area contributed by atoms with Gasteiger partial charge in [-0.05, 0) is 64.6 Å². The van der Waals surface area contributed by atoms with Crippen LogP contribution in [0.3, 0.4) is 0 Å². The van der Waals surface area contributed by atoms with Crippen LogP contribution in [-0.4, -0.2) is 17.5 Å². The highest BCUT2D eigenvalue weighted by molar-refractivity contribution is 14.1. The molecule has 1 amide bonds. The smallest absolute Gasteiger partial charge is 0.258 e. The molecule has 2 aromatic carbocycles. The third-order valence-electron chi connectivity index (χ3n) is 3.88. The minimum Gasteiger partial charge on any atom is -0.493 e. The van der Waals surface area contributed by atoms with Crippen LogP contribution in [0.15, 0.2) is 41.8 Å². The van der Waals surface area contributed by atoms with Crippen molar-refractivity contribution in [2.75, 3.05) is 11.9 Å². The molecule has 0 saturated carbocycles. The molecular weight excluding hydrogens is 471 g/mol. The van der Waals surface area contributed by atoms with Crippen LogP contribution in [0.5, 0.6) is 5.75 Å². The molecule has 25 heavy (non-hydrogen) atoms. The normalized spacial score (nSPS) is 12.6. The van der Waals surface area contributed by atoms with Gasteiger partial charge in [0.1, 0.15) is 5.75 Å². The first-order valence-corrected chi connectivity index (χ1v) is 9.92. The van der Waals surface area contributed by atoms with Gasteiger partial charge in [-0.3, -0.25) is 10.1 Å². The van der Waals surface area contributed by atoms with E-state index in [-0.39, 0.29) is 5.91 Å². The number of hydrogen-bond acceptors (Lipinski definition) is 4. The fraction of sp³-hybridized carbons (Fsp3) is 0.111. The summed E-state index contributed by atoms with van der Waals surface area (Å²) in [6.45, 7) is 0.732. The van der Waals surface area contributed by atoms with Crippen LogP contribution in [0.25, 0.3) is 11.3 Å². The van der Waals surface area contributed by atoms with Gasteiger partial charge in [0, 0.05) is 26.0 Å². The first kappa shape index (κ1) is 16.8. The molecule has 1 aliphatic rings. The summed E-state index contributed by atoms with van der Waals surface area (Å²) in [5, 5.41) is 5.89. The number of carbonyl (C=O) groups is 1. The minimum absolute atomic E-state index is 0.213. The van der Waals surface area contributed by atoms with Crippen LogP contribution in [0, 0.1) is 3.57 Å². The molecule has 126 valence electrons. The second kappa shape index (κ2) is 6.93. The quantitative estimate of drug-likeness (QED) is 0.519. The zero-order valence-corrected chi connectivity index (χ0v) is 16.6. The monoisotopic (exact) mass is 482 g/mol. The van der Waals surface area contributed by atoms with Gasteiger partial charge in [0.25, 0.3) is 5.91 Å². The van der Waals surface area contributed by atoms with Crippen LogP contribution < -0.4 is 10.1 Å². The van der Waals surface area contributed by atoms with Gasteiger partial charge in [0.05, 0.1) is 17.9 Å². The summed E-state index contributed by atoms with van der Waals surface area (Å²) in [5.41, 5.74) is 3.61. The Bertz CT molecular complexity index is 973. The molecule has 0 spiro atoms. The highest BCUT2D eigenvalue weighted by atomic mass is 127. The highest BCUT2D eigenvalue weighted by Crippen LogP contribution is 2.32. The molecule has 0 unspecified atom stereocenters. The molecule has 1 N–H and O–H groups in total. The molecule has 1 aromatic heterocycles. The molecule has 3 aromatic rings. The van der Waals surface area contributed by atoms with Crippen molar-refractivity contribution < 1.29 is 9.53 Å². The molecule has 4 nitrogen and oxygen atoms in total. The lowest BCUT2D eigenvalue weighted by Crippen LogP contribution is -2.13. The maximum Gasteiger partial charge on any atom is 0.258 e. The standard InChI is InChI=1S/C18H12ClIN2O2S/c19-12-2-3-14(20)13(8-12)17(23)22-18-21-15(9-25-18)10-1-4-16-11(7-10)5-6-24-16/h1-4,7-9H,5-6H2,(H,21,22,23). The van der Waals surface area contributed by atoms with Gasteiger partial charge in [-0.15, -0.1) is 11.3 Å². The number of amides is 1. The highest BCUT2D eigenvalue weighted by Gasteiger charge is 2.16. The van der Waals surface area contributed by atoms with E-state index in [1.54, 1.807) is 12.1 Å². The van der Waals surface area contributed by atoms with Crippen molar-refractivity contribution in [1.29, 1.82) is 0 Å². The molecule has 0 atom stereocenters. The molecule has 2 heterocycles. The number of ether oxygens (including phenoxy) is 1. The summed E-state index contributed by atoms with van der Waals surface area (Å²) in [6.07, 6.45) is 0.921. The van der Waals surface area contributed by atoms with E-state index in [0.29, 0.717) is 15.7 Å². The van der Waals surface area contributed by atoms with Crippen molar-refractivity contribution in [3.8, 4) is 17.0 Å². The number of nitrogens with zero attached hydrogens (tertiary/aromatic N) is 1. The number of carbonyl (C=O) groups excluding carboxylic acids is 1. The Morgan fingerprint density at radius 1 is 1.28 bits per heavy atom. The fourth-order valence-corrected chi connectivity index (χ4v) is 4.11. The lowest BCUT2D eigenvalue weighted by molar-refractivity contribution is 0.102. The Morgan fingerprint density at radius 3 is 3.04 bits per heavy atom. The largest absolute Gasteiger partial charge is 0.493 e. The van der Waals surface area contributed by atoms with Gasteiger partial charge < -0.3 is 4.74 Å². The van der Waals surface area contributed by atoms with E-state index < -0.39 is 0 Å². The van der Waals surface area contributed by atoms with Crippen molar-refractivity contribution >= 4 is 56.6 Å². The minimum atomic E-state index is -0.213. The number of hydrogen-bond donors (Lipinski definition) is 1. The van der Waals surface area contributed by atoms with Gasteiger partial charge in [-0.2, -0.15) is 0 Å². The van der Waals surface area contributed by atoms with Crippen molar-refractivity contribution in [3.63, 3.8) is 0 Å². The zero-order valence-electron chi connectivity index (χ0n) is 12.9. The van der Waals surface area contributed by atoms with E-state index >= 15 is 0 Å². The molecule has 0 saturated heterocycles. The van der Waals surface area contributed by atoms with E-state index in [9.17, 15) is 4.79 Å². The molecule has 0 aliphatic carbocycles. The summed E-state index contributed by atoms with van der Waals surface area (Å²) in [7, 11) is 0. The summed E-state index contributed by atoms with van der Waals surface area (Å²) < 4.78 is 6.37. The molecule has 0 radical (unpaired) electrons. The van der Waals surface area contributed by atoms with Gasteiger partial charge in [-0.25, -0.2) is 4.98 Å². The number of thiazole rings is 1. The number of anilines is 1. The van der Waals surface area contributed by atoms with Crippen LogP contribution >= 0.6 is 45.5 Å². The van der Waals surface area contributed by atoms with Crippen molar-refractivity contribution in [2.45, 2.75) is 6.42 Å². The van der Waals surface area contributed by atoms with Crippen LogP contribution in [0.4, 0.5) is 5.13 Å². The molecule has 0 fully saturated rings. The third-order valence-corrected chi connectivity index (χ3v) is 5.82. The van der Waals surface area contributed by atoms with Crippen molar-refractivity contribution in [2.24, 2.45) is 0 Å². The Morgan fingerprint density at radius 2 is 2.16 bits per heavy atom. The first-order chi connectivity index (χ1) is 12.1. The Balaban J connectivity index is 1.55. The van der Waals surface area contributed by atoms with Crippen molar-refractivity contribution in [3.05, 3.63) is 61.5 Å². The third kappa shape index (κ3) is 3.51. The lowest BCUT2D eigenvalue weighted by Gasteiger charge is -2.05. The summed E-state index contributed by atoms with van der Waals surface area (Å²) in [4.78, 5) is 17.0. The Hall–Kier alpha value is -1.64. The SMILES string of the molecule is O=C(Nc1nc(-c2ccc3c(c2)CCO3)cs1)c1cc(Cl)ccc1I. The average Bonchev–Trinajstić information content (AvgIpc) is 3.25. The van der Waals surface area contributed by atoms with Crippen molar-refractivity contribution in [1.82, 2.24) is 4.98 Å². The number of aromatic nitrogens is 1. The van der Waals surface area contributed by atoms with Gasteiger partial charge >= 0.3 is 0 Å². The van der Waals surface area contributed by atoms with E-state index in [2.05, 4.69) is 39.0 Å². The maximum absolute atomic E-state index is 12.5. The van der Waals surface area contributed by atoms with Gasteiger partial charge in [0.15, 0.2) is 5.13 Å². The number of nitrogens with one attached hydrogen (secondary N) is 1. The summed E-state index contributed by atoms with van der Waals surface area (Å²) in [6, 6.07) is 11.3. The first-order valence-electron chi connectivity index (χ1n) is 7.58. The second-order valence-corrected chi connectivity index (χ2v) is 7.99. The molecule has 7 heteroatoms. The van der Waals surface area contributed by atoms with E-state index in [4.69, 9.17) is 16.3 Å². The summed E-state index contributed by atoms with van der Waals surface area (Å²) in [5.74, 6) is 0.734. The molecule has 1 aliphatic heterocycles. The maximum atomic E-state index is 12.5. The number of rotatable bonds is 3. The predicted molar refractivity (Wildman–Crippen MR) is 109 cm³/mol. The number of halogens is 2. The molecule has 4 rings (SSSR count). The second-order valence-electron chi connectivity index (χ2n) is 5.54. The molecular formula is C18H12ClIN2O2S. The van der Waals surface area contributed by atoms with Gasteiger partial charge in [-0.1, -0.05) is 11.6 Å². The average molecular weight is 483 g/mol. The topological polar surface area (TPSA) is 51.2 Å². The number of benzene rings is 2. The summed E-state index contributed by atoms with van der Waals surface area (Å²) >= 11 is 9.51. The Kier molecular flexibility index (Phi) is 4.66. The van der Waals surface area contributed by atoms with Crippen LogP contribution in [-0.2, 0) is 6.42 Å². The van der Waals surface area contributed by atoms with Crippen LogP contribution in [0.1, 0.15) is 15.9 Å². The molecule has 0 bridgehead atoms. The number of fused-ring (bicyclic) bond motifs is 1. The zero-order chi connectivity index (χ0) is 17.4.